The molecule has 1 heterocycles. The number of carbonyl (C=O) groups is 2. The number of methoxy groups -OCH3 is 1. The third-order valence-electron chi connectivity index (χ3n) is 3.82. The highest BCUT2D eigenvalue weighted by molar-refractivity contribution is 8.00. The Morgan fingerprint density at radius 2 is 2.00 bits per heavy atom. The first-order valence-electron chi connectivity index (χ1n) is 9.09. The molecule has 0 aliphatic carbocycles. The second-order valence-corrected chi connectivity index (χ2v) is 8.01. The van der Waals surface area contributed by atoms with Gasteiger partial charge in [-0.15, -0.1) is 10.2 Å². The Morgan fingerprint density at radius 3 is 2.64 bits per heavy atom. The van der Waals surface area contributed by atoms with Gasteiger partial charge in [0.15, 0.2) is 11.0 Å². The second-order valence-electron chi connectivity index (χ2n) is 6.70. The van der Waals surface area contributed by atoms with E-state index in [1.807, 2.05) is 49.6 Å². The molecule has 2 aromatic rings. The third-order valence-corrected chi connectivity index (χ3v) is 4.90. The SMILES string of the molecule is COCCn1c(S[C@@H](C)C(=O)NC(=O)NC(C)C)nnc1-c1cccc(C)c1. The van der Waals surface area contributed by atoms with E-state index in [1.165, 1.54) is 11.8 Å². The summed E-state index contributed by atoms with van der Waals surface area (Å²) < 4.78 is 7.14. The summed E-state index contributed by atoms with van der Waals surface area (Å²) in [5.74, 6) is 0.329. The highest BCUT2D eigenvalue weighted by Crippen LogP contribution is 2.27. The molecule has 0 aliphatic rings. The predicted octanol–water partition coefficient (Wildman–Crippen LogP) is 2.61. The van der Waals surface area contributed by atoms with Crippen LogP contribution in [0.5, 0.6) is 0 Å². The van der Waals surface area contributed by atoms with Gasteiger partial charge in [-0.3, -0.25) is 14.7 Å². The first kappa shape index (κ1) is 21.9. The molecule has 0 saturated heterocycles. The summed E-state index contributed by atoms with van der Waals surface area (Å²) in [6, 6.07) is 7.44. The number of nitrogens with zero attached hydrogens (tertiary/aromatic N) is 3. The third kappa shape index (κ3) is 6.07. The summed E-state index contributed by atoms with van der Waals surface area (Å²) in [6.07, 6.45) is 0. The van der Waals surface area contributed by atoms with Crippen LogP contribution in [0.1, 0.15) is 26.3 Å². The molecule has 2 N–H and O–H groups in total. The highest BCUT2D eigenvalue weighted by atomic mass is 32.2. The molecule has 1 atom stereocenters. The molecule has 9 heteroatoms. The fraction of sp³-hybridized carbons (Fsp3) is 0.474. The molecule has 0 unspecified atom stereocenters. The molecule has 1 aromatic heterocycles. The summed E-state index contributed by atoms with van der Waals surface area (Å²) in [5.41, 5.74) is 2.07. The van der Waals surface area contributed by atoms with Crippen molar-refractivity contribution in [3.63, 3.8) is 0 Å². The van der Waals surface area contributed by atoms with Gasteiger partial charge in [-0.05, 0) is 33.8 Å². The van der Waals surface area contributed by atoms with Crippen LogP contribution in [0.3, 0.4) is 0 Å². The first-order valence-corrected chi connectivity index (χ1v) is 9.97. The summed E-state index contributed by atoms with van der Waals surface area (Å²) in [7, 11) is 1.63. The van der Waals surface area contributed by atoms with Crippen LogP contribution in [0.2, 0.25) is 0 Å². The quantitative estimate of drug-likeness (QED) is 0.655. The number of amides is 3. The van der Waals surface area contributed by atoms with E-state index >= 15 is 0 Å². The number of thioether (sulfide) groups is 1. The van der Waals surface area contributed by atoms with Crippen LogP contribution in [-0.4, -0.2) is 51.7 Å². The van der Waals surface area contributed by atoms with E-state index < -0.39 is 11.3 Å². The summed E-state index contributed by atoms with van der Waals surface area (Å²) in [4.78, 5) is 24.1. The molecule has 0 spiro atoms. The first-order chi connectivity index (χ1) is 13.3. The van der Waals surface area contributed by atoms with Crippen molar-refractivity contribution in [2.75, 3.05) is 13.7 Å². The zero-order valence-electron chi connectivity index (χ0n) is 16.9. The second kappa shape index (κ2) is 10.2. The fourth-order valence-corrected chi connectivity index (χ4v) is 3.36. The van der Waals surface area contributed by atoms with Gasteiger partial charge in [-0.1, -0.05) is 35.5 Å². The molecule has 0 fully saturated rings. The minimum atomic E-state index is -0.520. The Kier molecular flexibility index (Phi) is 8.01. The largest absolute Gasteiger partial charge is 0.383 e. The fourth-order valence-electron chi connectivity index (χ4n) is 2.48. The van der Waals surface area contributed by atoms with Crippen molar-refractivity contribution in [2.24, 2.45) is 0 Å². The molecule has 28 heavy (non-hydrogen) atoms. The van der Waals surface area contributed by atoms with Crippen LogP contribution in [0.25, 0.3) is 11.4 Å². The number of aryl methyl sites for hydroxylation is 1. The highest BCUT2D eigenvalue weighted by Gasteiger charge is 2.22. The average molecular weight is 406 g/mol. The number of urea groups is 1. The van der Waals surface area contributed by atoms with Gasteiger partial charge in [0.1, 0.15) is 0 Å². The molecule has 0 bridgehead atoms. The van der Waals surface area contributed by atoms with Crippen LogP contribution in [-0.2, 0) is 16.1 Å². The molecule has 1 aromatic carbocycles. The number of benzene rings is 1. The smallest absolute Gasteiger partial charge is 0.321 e. The lowest BCUT2D eigenvalue weighted by atomic mass is 10.1. The van der Waals surface area contributed by atoms with Crippen LogP contribution < -0.4 is 10.6 Å². The molecule has 3 amide bonds. The van der Waals surface area contributed by atoms with Gasteiger partial charge in [0.25, 0.3) is 0 Å². The number of hydrogen-bond donors (Lipinski definition) is 2. The Balaban J connectivity index is 2.18. The lowest BCUT2D eigenvalue weighted by Crippen LogP contribution is -2.45. The number of carbonyl (C=O) groups excluding carboxylic acids is 2. The monoisotopic (exact) mass is 405 g/mol. The van der Waals surface area contributed by atoms with Crippen molar-refractivity contribution in [3.8, 4) is 11.4 Å². The minimum absolute atomic E-state index is 0.0511. The zero-order chi connectivity index (χ0) is 20.7. The normalized spacial score (nSPS) is 12.1. The molecule has 0 radical (unpaired) electrons. The molecular formula is C19H27N5O3S. The molecular weight excluding hydrogens is 378 g/mol. The maximum absolute atomic E-state index is 12.3. The topological polar surface area (TPSA) is 98.1 Å². The Morgan fingerprint density at radius 1 is 1.25 bits per heavy atom. The summed E-state index contributed by atoms with van der Waals surface area (Å²) in [6.45, 7) is 8.44. The van der Waals surface area contributed by atoms with Crippen molar-refractivity contribution < 1.29 is 14.3 Å². The van der Waals surface area contributed by atoms with Crippen molar-refractivity contribution in [1.29, 1.82) is 0 Å². The van der Waals surface area contributed by atoms with E-state index in [-0.39, 0.29) is 11.9 Å². The number of rotatable bonds is 8. The summed E-state index contributed by atoms with van der Waals surface area (Å²) in [5, 5.41) is 13.6. The van der Waals surface area contributed by atoms with Crippen LogP contribution >= 0.6 is 11.8 Å². The number of nitrogens with one attached hydrogen (secondary N) is 2. The van der Waals surface area contributed by atoms with Gasteiger partial charge in [0.2, 0.25) is 5.91 Å². The maximum atomic E-state index is 12.3. The van der Waals surface area contributed by atoms with E-state index in [1.54, 1.807) is 14.0 Å². The van der Waals surface area contributed by atoms with Crippen LogP contribution in [0.4, 0.5) is 4.79 Å². The lowest BCUT2D eigenvalue weighted by molar-refractivity contribution is -0.119. The van der Waals surface area contributed by atoms with Gasteiger partial charge in [0, 0.05) is 18.7 Å². The van der Waals surface area contributed by atoms with Crippen LogP contribution in [0.15, 0.2) is 29.4 Å². The Bertz CT molecular complexity index is 822. The van der Waals surface area contributed by atoms with E-state index in [4.69, 9.17) is 4.74 Å². The van der Waals surface area contributed by atoms with Crippen molar-refractivity contribution >= 4 is 23.7 Å². The maximum Gasteiger partial charge on any atom is 0.321 e. The number of ether oxygens (including phenoxy) is 1. The van der Waals surface area contributed by atoms with E-state index in [9.17, 15) is 9.59 Å². The van der Waals surface area contributed by atoms with Gasteiger partial charge in [0.05, 0.1) is 18.4 Å². The molecule has 2 rings (SSSR count). The number of imide groups is 1. The van der Waals surface area contributed by atoms with E-state index in [0.29, 0.717) is 24.1 Å². The van der Waals surface area contributed by atoms with Gasteiger partial charge in [-0.2, -0.15) is 0 Å². The number of hydrogen-bond acceptors (Lipinski definition) is 6. The Hall–Kier alpha value is -2.39. The predicted molar refractivity (Wildman–Crippen MR) is 109 cm³/mol. The molecule has 152 valence electrons. The molecule has 8 nitrogen and oxygen atoms in total. The Labute approximate surface area is 169 Å². The van der Waals surface area contributed by atoms with E-state index in [0.717, 1.165) is 11.1 Å². The number of aromatic nitrogens is 3. The molecule has 0 saturated carbocycles. The zero-order valence-corrected chi connectivity index (χ0v) is 17.7. The standard InChI is InChI=1S/C19H27N5O3S/c1-12(2)20-18(26)21-17(25)14(4)28-19-23-22-16(24(19)9-10-27-5)15-8-6-7-13(3)11-15/h6-8,11-12,14H,9-10H2,1-5H3,(H2,20,21,25,26)/t14-/m0/s1. The van der Waals surface area contributed by atoms with Gasteiger partial charge in [-0.25, -0.2) is 4.79 Å². The average Bonchev–Trinajstić information content (AvgIpc) is 3.01. The van der Waals surface area contributed by atoms with E-state index in [2.05, 4.69) is 20.8 Å². The van der Waals surface area contributed by atoms with Gasteiger partial charge >= 0.3 is 6.03 Å². The minimum Gasteiger partial charge on any atom is -0.383 e. The van der Waals surface area contributed by atoms with Crippen molar-refractivity contribution in [2.45, 2.75) is 50.7 Å². The molecule has 0 aliphatic heterocycles. The summed E-state index contributed by atoms with van der Waals surface area (Å²) >= 11 is 1.25. The van der Waals surface area contributed by atoms with Crippen molar-refractivity contribution in [3.05, 3.63) is 29.8 Å². The van der Waals surface area contributed by atoms with Crippen LogP contribution in [0, 0.1) is 6.92 Å². The van der Waals surface area contributed by atoms with Crippen molar-refractivity contribution in [1.82, 2.24) is 25.4 Å². The van der Waals surface area contributed by atoms with Gasteiger partial charge < -0.3 is 10.1 Å². The lowest BCUT2D eigenvalue weighted by Gasteiger charge is -2.14.